The van der Waals surface area contributed by atoms with Crippen LogP contribution in [0.15, 0.2) is 60.0 Å². The lowest BCUT2D eigenvalue weighted by Gasteiger charge is -2.02. The van der Waals surface area contributed by atoms with E-state index >= 15 is 0 Å². The predicted octanol–water partition coefficient (Wildman–Crippen LogP) is 2.63. The highest BCUT2D eigenvalue weighted by molar-refractivity contribution is 5.94. The van der Waals surface area contributed by atoms with E-state index in [1.807, 2.05) is 37.3 Å². The van der Waals surface area contributed by atoms with Gasteiger partial charge in [0.15, 0.2) is 0 Å². The maximum Gasteiger partial charge on any atom is 0.289 e. The van der Waals surface area contributed by atoms with Crippen LogP contribution in [0.5, 0.6) is 5.75 Å². The molecule has 0 saturated heterocycles. The second-order valence-electron chi connectivity index (χ2n) is 5.11. The Hall–Kier alpha value is -3.48. The summed E-state index contributed by atoms with van der Waals surface area (Å²) in [6.45, 7) is 2.55. The molecule has 0 aliphatic rings. The lowest BCUT2D eigenvalue weighted by atomic mass is 10.1. The van der Waals surface area contributed by atoms with Gasteiger partial charge in [-0.2, -0.15) is 10.2 Å². The Labute approximate surface area is 144 Å². The van der Waals surface area contributed by atoms with E-state index in [-0.39, 0.29) is 5.91 Å². The lowest BCUT2D eigenvalue weighted by molar-refractivity contribution is 0.0950. The van der Waals surface area contributed by atoms with Gasteiger partial charge in [-0.05, 0) is 43.3 Å². The molecule has 7 nitrogen and oxygen atoms in total. The van der Waals surface area contributed by atoms with Gasteiger partial charge in [0.05, 0.1) is 18.5 Å². The molecule has 0 spiro atoms. The van der Waals surface area contributed by atoms with Gasteiger partial charge in [-0.1, -0.05) is 6.07 Å². The number of H-pyrrole nitrogens is 1. The van der Waals surface area contributed by atoms with Crippen molar-refractivity contribution in [2.75, 3.05) is 6.61 Å². The maximum atomic E-state index is 12.1. The van der Waals surface area contributed by atoms with E-state index in [0.29, 0.717) is 18.0 Å². The first-order valence-electron chi connectivity index (χ1n) is 7.78. The molecule has 3 aromatic rings. The summed E-state index contributed by atoms with van der Waals surface area (Å²) in [5.74, 6) is 0.425. The first kappa shape index (κ1) is 16.4. The Morgan fingerprint density at radius 1 is 1.32 bits per heavy atom. The van der Waals surface area contributed by atoms with Gasteiger partial charge in [0.25, 0.3) is 5.91 Å². The molecule has 0 radical (unpaired) electrons. The van der Waals surface area contributed by atoms with Gasteiger partial charge in [0, 0.05) is 23.5 Å². The van der Waals surface area contributed by atoms with Crippen molar-refractivity contribution in [1.82, 2.24) is 20.6 Å². The van der Waals surface area contributed by atoms with Crippen molar-refractivity contribution >= 4 is 12.1 Å². The molecule has 2 heterocycles. The topological polar surface area (TPSA) is 92.3 Å². The van der Waals surface area contributed by atoms with Gasteiger partial charge in [0.1, 0.15) is 11.4 Å². The van der Waals surface area contributed by atoms with Crippen LogP contribution in [0, 0.1) is 0 Å². The molecule has 1 aromatic carbocycles. The molecule has 0 unspecified atom stereocenters. The Bertz CT molecular complexity index is 857. The smallest absolute Gasteiger partial charge is 0.289 e. The van der Waals surface area contributed by atoms with E-state index in [0.717, 1.165) is 16.9 Å². The summed E-state index contributed by atoms with van der Waals surface area (Å²) in [5.41, 5.74) is 5.13. The summed E-state index contributed by atoms with van der Waals surface area (Å²) in [5, 5.41) is 10.8. The molecular weight excluding hydrogens is 318 g/mol. The number of nitrogens with one attached hydrogen (secondary N) is 2. The highest BCUT2D eigenvalue weighted by Crippen LogP contribution is 2.21. The highest BCUT2D eigenvalue weighted by Gasteiger charge is 2.10. The Kier molecular flexibility index (Phi) is 5.16. The summed E-state index contributed by atoms with van der Waals surface area (Å²) in [6.07, 6.45) is 4.84. The minimum atomic E-state index is -0.371. The third kappa shape index (κ3) is 4.29. The Morgan fingerprint density at radius 2 is 2.16 bits per heavy atom. The number of carbonyl (C=O) groups excluding carboxylic acids is 1. The van der Waals surface area contributed by atoms with Crippen molar-refractivity contribution in [2.45, 2.75) is 6.92 Å². The van der Waals surface area contributed by atoms with Gasteiger partial charge < -0.3 is 4.74 Å². The van der Waals surface area contributed by atoms with Crippen LogP contribution >= 0.6 is 0 Å². The lowest BCUT2D eigenvalue weighted by Crippen LogP contribution is -2.18. The first-order chi connectivity index (χ1) is 12.3. The normalized spacial score (nSPS) is 10.8. The van der Waals surface area contributed by atoms with E-state index < -0.39 is 0 Å². The van der Waals surface area contributed by atoms with Crippen LogP contribution < -0.4 is 10.2 Å². The van der Waals surface area contributed by atoms with Crippen molar-refractivity contribution in [3.8, 4) is 17.0 Å². The number of hydrazone groups is 1. The number of rotatable bonds is 6. The Balaban J connectivity index is 1.64. The molecule has 2 aromatic heterocycles. The van der Waals surface area contributed by atoms with Crippen LogP contribution in [-0.2, 0) is 0 Å². The molecule has 0 fully saturated rings. The van der Waals surface area contributed by atoms with Crippen molar-refractivity contribution in [2.24, 2.45) is 5.10 Å². The number of nitrogens with zero attached hydrogens (tertiary/aromatic N) is 3. The van der Waals surface area contributed by atoms with Crippen LogP contribution in [-0.4, -0.2) is 33.9 Å². The summed E-state index contributed by atoms with van der Waals surface area (Å²) < 4.78 is 5.41. The zero-order valence-corrected chi connectivity index (χ0v) is 13.6. The number of benzene rings is 1. The number of hydrogen-bond acceptors (Lipinski definition) is 5. The van der Waals surface area contributed by atoms with Crippen molar-refractivity contribution in [3.63, 3.8) is 0 Å². The molecule has 25 heavy (non-hydrogen) atoms. The van der Waals surface area contributed by atoms with Gasteiger partial charge in [-0.15, -0.1) is 0 Å². The van der Waals surface area contributed by atoms with Crippen molar-refractivity contribution in [3.05, 3.63) is 66.1 Å². The van der Waals surface area contributed by atoms with Gasteiger partial charge in [-0.25, -0.2) is 5.43 Å². The van der Waals surface area contributed by atoms with Crippen molar-refractivity contribution < 1.29 is 9.53 Å². The summed E-state index contributed by atoms with van der Waals surface area (Å²) in [6, 6.07) is 12.8. The number of aromatic amines is 1. The standard InChI is InChI=1S/C18H17N5O2/c1-2-25-15-7-5-14(6-8-15)16-10-17(22-21-16)18(24)23-20-12-13-4-3-9-19-11-13/h3-12H,2H2,1H3,(H,21,22)(H,23,24)/b20-12-. The quantitative estimate of drug-likeness (QED) is 0.535. The molecule has 126 valence electrons. The van der Waals surface area contributed by atoms with Crippen LogP contribution in [0.4, 0.5) is 0 Å². The molecule has 2 N–H and O–H groups in total. The van der Waals surface area contributed by atoms with Gasteiger partial charge in [0.2, 0.25) is 0 Å². The van der Waals surface area contributed by atoms with E-state index in [4.69, 9.17) is 4.74 Å². The zero-order valence-electron chi connectivity index (χ0n) is 13.6. The number of aromatic nitrogens is 3. The minimum Gasteiger partial charge on any atom is -0.494 e. The fourth-order valence-electron chi connectivity index (χ4n) is 2.15. The van der Waals surface area contributed by atoms with E-state index in [2.05, 4.69) is 25.7 Å². The third-order valence-corrected chi connectivity index (χ3v) is 3.35. The molecule has 1 amide bonds. The molecule has 7 heteroatoms. The number of ether oxygens (including phenoxy) is 1. The summed E-state index contributed by atoms with van der Waals surface area (Å²) >= 11 is 0. The molecule has 0 bridgehead atoms. The van der Waals surface area contributed by atoms with E-state index in [1.54, 1.807) is 24.5 Å². The van der Waals surface area contributed by atoms with Crippen LogP contribution in [0.3, 0.4) is 0 Å². The van der Waals surface area contributed by atoms with E-state index in [9.17, 15) is 4.79 Å². The number of hydrogen-bond donors (Lipinski definition) is 2. The first-order valence-corrected chi connectivity index (χ1v) is 7.78. The van der Waals surface area contributed by atoms with Gasteiger partial charge >= 0.3 is 0 Å². The maximum absolute atomic E-state index is 12.1. The largest absolute Gasteiger partial charge is 0.494 e. The fourth-order valence-corrected chi connectivity index (χ4v) is 2.15. The molecular formula is C18H17N5O2. The second kappa shape index (κ2) is 7.87. The highest BCUT2D eigenvalue weighted by atomic mass is 16.5. The fraction of sp³-hybridized carbons (Fsp3) is 0.111. The minimum absolute atomic E-state index is 0.326. The molecule has 3 rings (SSSR count). The average Bonchev–Trinajstić information content (AvgIpc) is 3.14. The summed E-state index contributed by atoms with van der Waals surface area (Å²) in [7, 11) is 0. The van der Waals surface area contributed by atoms with Crippen LogP contribution in [0.2, 0.25) is 0 Å². The average molecular weight is 335 g/mol. The zero-order chi connectivity index (χ0) is 17.5. The van der Waals surface area contributed by atoms with E-state index in [1.165, 1.54) is 6.21 Å². The molecule has 0 aliphatic carbocycles. The van der Waals surface area contributed by atoms with Gasteiger partial charge in [-0.3, -0.25) is 14.9 Å². The molecule has 0 saturated carbocycles. The summed E-state index contributed by atoms with van der Waals surface area (Å²) in [4.78, 5) is 16.1. The third-order valence-electron chi connectivity index (χ3n) is 3.35. The number of carbonyl (C=O) groups is 1. The SMILES string of the molecule is CCOc1ccc(-c2cc(C(=O)N/N=C\c3cccnc3)[nH]n2)cc1. The predicted molar refractivity (Wildman–Crippen MR) is 94.5 cm³/mol. The number of pyridine rings is 1. The molecule has 0 aliphatic heterocycles. The van der Waals surface area contributed by atoms with Crippen LogP contribution in [0.25, 0.3) is 11.3 Å². The van der Waals surface area contributed by atoms with Crippen molar-refractivity contribution in [1.29, 1.82) is 0 Å². The molecule has 0 atom stereocenters. The monoisotopic (exact) mass is 335 g/mol. The Morgan fingerprint density at radius 3 is 2.88 bits per heavy atom. The van der Waals surface area contributed by atoms with Crippen LogP contribution in [0.1, 0.15) is 23.0 Å². The number of amides is 1. The second-order valence-corrected chi connectivity index (χ2v) is 5.11.